The number of carbonyl (C=O) groups is 2. The van der Waals surface area contributed by atoms with Crippen LogP contribution >= 0.6 is 0 Å². The van der Waals surface area contributed by atoms with E-state index in [1.807, 2.05) is 42.5 Å². The normalized spacial score (nSPS) is 26.5. The monoisotopic (exact) mass is 394 g/mol. The fourth-order valence-corrected chi connectivity index (χ4v) is 4.99. The van der Waals surface area contributed by atoms with Gasteiger partial charge in [-0.25, -0.2) is 4.90 Å². The second-order valence-corrected chi connectivity index (χ2v) is 7.87. The quantitative estimate of drug-likeness (QED) is 0.521. The molecular formula is C24H18N4O2. The number of fused-ring (bicyclic) bond motifs is 8. The largest absolute Gasteiger partial charge is 0.301 e. The first-order valence-corrected chi connectivity index (χ1v) is 10.0. The number of azo groups is 1. The van der Waals surface area contributed by atoms with Gasteiger partial charge >= 0.3 is 0 Å². The molecule has 3 aliphatic rings. The number of benzene rings is 3. The number of imide groups is 1. The highest BCUT2D eigenvalue weighted by atomic mass is 16.2. The van der Waals surface area contributed by atoms with Crippen molar-refractivity contribution in [2.75, 3.05) is 4.90 Å². The first-order chi connectivity index (χ1) is 14.7. The highest BCUT2D eigenvalue weighted by molar-refractivity contribution is 6.23. The number of carbonyl (C=O) groups excluding carboxylic acids is 2. The maximum absolute atomic E-state index is 13.2. The molecule has 6 nitrogen and oxygen atoms in total. The molecule has 0 radical (unpaired) electrons. The van der Waals surface area contributed by atoms with Crippen LogP contribution in [0.5, 0.6) is 0 Å². The van der Waals surface area contributed by atoms with E-state index >= 15 is 0 Å². The zero-order valence-corrected chi connectivity index (χ0v) is 16.0. The van der Waals surface area contributed by atoms with Gasteiger partial charge in [-0.15, -0.1) is 0 Å². The number of rotatable bonds is 3. The van der Waals surface area contributed by atoms with Crippen molar-refractivity contribution in [3.63, 3.8) is 0 Å². The lowest BCUT2D eigenvalue weighted by molar-refractivity contribution is -0.123. The van der Waals surface area contributed by atoms with Crippen molar-refractivity contribution in [1.29, 1.82) is 0 Å². The second-order valence-electron chi connectivity index (χ2n) is 7.87. The highest BCUT2D eigenvalue weighted by Crippen LogP contribution is 2.56. The van der Waals surface area contributed by atoms with Crippen molar-refractivity contribution in [3.8, 4) is 0 Å². The van der Waals surface area contributed by atoms with E-state index in [2.05, 4.69) is 27.7 Å². The molecular weight excluding hydrogens is 376 g/mol. The molecule has 6 rings (SSSR count). The van der Waals surface area contributed by atoms with E-state index < -0.39 is 0 Å². The summed E-state index contributed by atoms with van der Waals surface area (Å²) in [5, 5.41) is 11.9. The molecule has 146 valence electrons. The molecule has 3 heterocycles. The zero-order chi connectivity index (χ0) is 20.2. The van der Waals surface area contributed by atoms with Crippen LogP contribution in [0.15, 0.2) is 89.1 Å². The van der Waals surface area contributed by atoms with Gasteiger partial charge in [0.05, 0.1) is 28.9 Å². The summed E-state index contributed by atoms with van der Waals surface area (Å²) in [7, 11) is 0. The van der Waals surface area contributed by atoms with Crippen LogP contribution in [-0.2, 0) is 9.59 Å². The fourth-order valence-electron chi connectivity index (χ4n) is 4.99. The van der Waals surface area contributed by atoms with Crippen LogP contribution in [0.3, 0.4) is 0 Å². The maximum Gasteiger partial charge on any atom is 0.239 e. The number of anilines is 1. The van der Waals surface area contributed by atoms with Gasteiger partial charge in [0, 0.05) is 12.1 Å². The van der Waals surface area contributed by atoms with Crippen molar-refractivity contribution < 1.29 is 9.59 Å². The average molecular weight is 394 g/mol. The molecule has 2 bridgehead atoms. The Morgan fingerprint density at radius 3 is 1.70 bits per heavy atom. The van der Waals surface area contributed by atoms with Crippen LogP contribution in [-0.4, -0.2) is 11.8 Å². The Bertz CT molecular complexity index is 1140. The van der Waals surface area contributed by atoms with Crippen molar-refractivity contribution in [3.05, 3.63) is 90.0 Å². The second kappa shape index (κ2) is 6.43. The Balaban J connectivity index is 1.27. The Labute approximate surface area is 173 Å². The third-order valence-corrected chi connectivity index (χ3v) is 6.29. The Morgan fingerprint density at radius 2 is 1.13 bits per heavy atom. The number of hydrogen-bond acceptors (Lipinski definition) is 5. The molecule has 0 aromatic heterocycles. The summed E-state index contributed by atoms with van der Waals surface area (Å²) < 4.78 is 0. The molecule has 0 saturated carbocycles. The van der Waals surface area contributed by atoms with E-state index in [0.29, 0.717) is 11.4 Å². The van der Waals surface area contributed by atoms with E-state index in [0.717, 1.165) is 16.8 Å². The molecule has 0 aliphatic carbocycles. The van der Waals surface area contributed by atoms with Gasteiger partial charge in [-0.05, 0) is 47.5 Å². The fraction of sp³-hybridized carbons (Fsp3) is 0.167. The average Bonchev–Trinajstić information content (AvgIpc) is 3.44. The molecule has 0 spiro atoms. The molecule has 3 aliphatic heterocycles. The van der Waals surface area contributed by atoms with Gasteiger partial charge in [0.2, 0.25) is 11.8 Å². The molecule has 3 aromatic carbocycles. The lowest BCUT2D eigenvalue weighted by Gasteiger charge is -2.21. The first kappa shape index (κ1) is 17.2. The van der Waals surface area contributed by atoms with Gasteiger partial charge in [0.1, 0.15) is 0 Å². The number of amides is 2. The van der Waals surface area contributed by atoms with Crippen LogP contribution in [0.4, 0.5) is 17.1 Å². The number of hydrogen-bond donors (Lipinski definition) is 1. The Hall–Kier alpha value is -3.64. The molecule has 2 saturated heterocycles. The summed E-state index contributed by atoms with van der Waals surface area (Å²) in [4.78, 5) is 27.8. The molecule has 6 heteroatoms. The van der Waals surface area contributed by atoms with E-state index in [9.17, 15) is 9.59 Å². The first-order valence-electron chi connectivity index (χ1n) is 10.0. The zero-order valence-electron chi connectivity index (χ0n) is 16.0. The summed E-state index contributed by atoms with van der Waals surface area (Å²) in [5.41, 5.74) is 4.30. The summed E-state index contributed by atoms with van der Waals surface area (Å²) in [6, 6.07) is 24.5. The van der Waals surface area contributed by atoms with Gasteiger partial charge in [-0.3, -0.25) is 9.59 Å². The number of nitrogens with one attached hydrogen (secondary N) is 1. The maximum atomic E-state index is 13.2. The highest BCUT2D eigenvalue weighted by Gasteiger charge is 2.63. The lowest BCUT2D eigenvalue weighted by Crippen LogP contribution is -2.34. The van der Waals surface area contributed by atoms with Crippen molar-refractivity contribution in [2.24, 2.45) is 22.1 Å². The summed E-state index contributed by atoms with van der Waals surface area (Å²) in [6.07, 6.45) is 0. The van der Waals surface area contributed by atoms with Crippen LogP contribution in [0.25, 0.3) is 0 Å². The molecule has 3 aromatic rings. The summed E-state index contributed by atoms with van der Waals surface area (Å²) in [5.74, 6) is -0.930. The minimum Gasteiger partial charge on any atom is -0.301 e. The van der Waals surface area contributed by atoms with Crippen LogP contribution in [0.1, 0.15) is 23.2 Å². The van der Waals surface area contributed by atoms with Gasteiger partial charge in [0.25, 0.3) is 0 Å². The Kier molecular flexibility index (Phi) is 3.70. The third-order valence-electron chi connectivity index (χ3n) is 6.29. The van der Waals surface area contributed by atoms with E-state index in [1.165, 1.54) is 4.90 Å². The predicted octanol–water partition coefficient (Wildman–Crippen LogP) is 4.61. The van der Waals surface area contributed by atoms with Gasteiger partial charge in [-0.1, -0.05) is 42.5 Å². The molecule has 0 unspecified atom stereocenters. The molecule has 4 atom stereocenters. The number of nitrogens with zero attached hydrogens (tertiary/aromatic N) is 3. The van der Waals surface area contributed by atoms with E-state index in [1.54, 1.807) is 24.3 Å². The minimum atomic E-state index is -0.338. The molecule has 2 amide bonds. The third kappa shape index (κ3) is 2.40. The van der Waals surface area contributed by atoms with Gasteiger partial charge in [0.15, 0.2) is 0 Å². The van der Waals surface area contributed by atoms with Crippen molar-refractivity contribution >= 4 is 28.9 Å². The molecule has 30 heavy (non-hydrogen) atoms. The Morgan fingerprint density at radius 1 is 0.633 bits per heavy atom. The van der Waals surface area contributed by atoms with Crippen LogP contribution in [0, 0.1) is 11.8 Å². The van der Waals surface area contributed by atoms with Gasteiger partial charge < -0.3 is 5.32 Å². The topological polar surface area (TPSA) is 74.1 Å². The lowest BCUT2D eigenvalue weighted by atomic mass is 9.77. The van der Waals surface area contributed by atoms with Crippen LogP contribution < -0.4 is 10.2 Å². The standard InChI is InChI=1S/C24H18N4O2/c29-23-19-20(22-18-9-5-4-8-17(18)21(19)25-22)24(30)28(23)16-12-10-15(11-13-16)27-26-14-6-2-1-3-7-14/h1-13,19-22,25H/t19-,20+,21+,22-. The summed E-state index contributed by atoms with van der Waals surface area (Å²) >= 11 is 0. The minimum absolute atomic E-state index is 0.0865. The van der Waals surface area contributed by atoms with Crippen molar-refractivity contribution in [2.45, 2.75) is 12.1 Å². The smallest absolute Gasteiger partial charge is 0.239 e. The van der Waals surface area contributed by atoms with Crippen molar-refractivity contribution in [1.82, 2.24) is 5.32 Å². The molecule has 1 N–H and O–H groups in total. The van der Waals surface area contributed by atoms with Crippen LogP contribution in [0.2, 0.25) is 0 Å². The molecule has 2 fully saturated rings. The van der Waals surface area contributed by atoms with Gasteiger partial charge in [-0.2, -0.15) is 10.2 Å². The van der Waals surface area contributed by atoms with E-state index in [-0.39, 0.29) is 35.7 Å². The predicted molar refractivity (Wildman–Crippen MR) is 112 cm³/mol. The van der Waals surface area contributed by atoms with E-state index in [4.69, 9.17) is 0 Å². The SMILES string of the molecule is O=C1[C@@H]2[C@H](C(=O)N1c1ccc(N=Nc3ccccc3)cc1)[C@@H]1N[C@H]2c2ccccc21. The summed E-state index contributed by atoms with van der Waals surface area (Å²) in [6.45, 7) is 0.